The van der Waals surface area contributed by atoms with E-state index in [4.69, 9.17) is 11.6 Å². The number of methoxy groups -OCH3 is 1. The van der Waals surface area contributed by atoms with Gasteiger partial charge in [-0.2, -0.15) is 0 Å². The zero-order valence-corrected chi connectivity index (χ0v) is 8.44. The molecular weight excluding hydrogens is 204 g/mol. The fourth-order valence-corrected chi connectivity index (χ4v) is 1.31. The van der Waals surface area contributed by atoms with Crippen molar-refractivity contribution in [3.8, 4) is 0 Å². The van der Waals surface area contributed by atoms with Crippen LogP contribution >= 0.6 is 11.6 Å². The molecule has 0 aliphatic heterocycles. The van der Waals surface area contributed by atoms with Crippen molar-refractivity contribution in [3.63, 3.8) is 0 Å². The average molecular weight is 215 g/mol. The Morgan fingerprint density at radius 2 is 2.00 bits per heavy atom. The van der Waals surface area contributed by atoms with Crippen LogP contribution in [0.15, 0.2) is 30.3 Å². The van der Waals surface area contributed by atoms with Crippen molar-refractivity contribution in [1.82, 2.24) is 0 Å². The molecule has 14 heavy (non-hydrogen) atoms. The first kappa shape index (κ1) is 11.0. The predicted octanol–water partition coefficient (Wildman–Crippen LogP) is 1.50. The summed E-state index contributed by atoms with van der Waals surface area (Å²) in [6, 6.07) is 8.88. The lowest BCUT2D eigenvalue weighted by Crippen LogP contribution is -2.26. The van der Waals surface area contributed by atoms with Crippen molar-refractivity contribution in [2.24, 2.45) is 0 Å². The van der Waals surface area contributed by atoms with E-state index in [2.05, 4.69) is 4.74 Å². The molecule has 0 aliphatic rings. The second kappa shape index (κ2) is 4.98. The van der Waals surface area contributed by atoms with Gasteiger partial charge in [0.2, 0.25) is 0 Å². The van der Waals surface area contributed by atoms with E-state index >= 15 is 0 Å². The van der Waals surface area contributed by atoms with Crippen LogP contribution in [0.1, 0.15) is 10.9 Å². The highest BCUT2D eigenvalue weighted by Crippen LogP contribution is 2.24. The minimum Gasteiger partial charge on any atom is -0.467 e. The van der Waals surface area contributed by atoms with Crippen molar-refractivity contribution < 1.29 is 14.6 Å². The SMILES string of the molecule is COC(=O)C(O)C(Cl)c1ccccc1. The van der Waals surface area contributed by atoms with Crippen LogP contribution in [0.5, 0.6) is 0 Å². The summed E-state index contributed by atoms with van der Waals surface area (Å²) in [6.45, 7) is 0. The Bertz CT molecular complexity index is 299. The van der Waals surface area contributed by atoms with Crippen molar-refractivity contribution in [3.05, 3.63) is 35.9 Å². The Hall–Kier alpha value is -1.06. The maximum atomic E-state index is 11.0. The Morgan fingerprint density at radius 1 is 1.43 bits per heavy atom. The summed E-state index contributed by atoms with van der Waals surface area (Å²) in [5.74, 6) is -0.728. The molecule has 76 valence electrons. The summed E-state index contributed by atoms with van der Waals surface area (Å²) in [5.41, 5.74) is 0.687. The van der Waals surface area contributed by atoms with Gasteiger partial charge in [0.25, 0.3) is 0 Å². The van der Waals surface area contributed by atoms with Gasteiger partial charge in [-0.3, -0.25) is 0 Å². The lowest BCUT2D eigenvalue weighted by molar-refractivity contribution is -0.150. The first-order valence-corrected chi connectivity index (χ1v) is 4.55. The van der Waals surface area contributed by atoms with E-state index in [0.29, 0.717) is 5.56 Å². The molecule has 2 atom stereocenters. The number of benzene rings is 1. The minimum absolute atomic E-state index is 0.687. The predicted molar refractivity (Wildman–Crippen MR) is 53.1 cm³/mol. The topological polar surface area (TPSA) is 46.5 Å². The normalized spacial score (nSPS) is 14.5. The molecule has 1 aromatic carbocycles. The van der Waals surface area contributed by atoms with E-state index in [1.807, 2.05) is 6.07 Å². The van der Waals surface area contributed by atoms with Crippen LogP contribution in [-0.4, -0.2) is 24.3 Å². The number of rotatable bonds is 3. The third kappa shape index (κ3) is 2.47. The molecule has 0 heterocycles. The number of halogens is 1. The number of aliphatic hydroxyl groups is 1. The summed E-state index contributed by atoms with van der Waals surface area (Å²) in [6.07, 6.45) is -1.33. The number of esters is 1. The van der Waals surface area contributed by atoms with Gasteiger partial charge >= 0.3 is 5.97 Å². The van der Waals surface area contributed by atoms with Crippen molar-refractivity contribution in [1.29, 1.82) is 0 Å². The van der Waals surface area contributed by atoms with Gasteiger partial charge in [-0.1, -0.05) is 30.3 Å². The number of aliphatic hydroxyl groups excluding tert-OH is 1. The Kier molecular flexibility index (Phi) is 3.92. The highest BCUT2D eigenvalue weighted by atomic mass is 35.5. The van der Waals surface area contributed by atoms with Crippen LogP contribution in [0, 0.1) is 0 Å². The molecule has 0 saturated heterocycles. The zero-order valence-electron chi connectivity index (χ0n) is 7.68. The highest BCUT2D eigenvalue weighted by molar-refractivity contribution is 6.22. The molecule has 4 heteroatoms. The summed E-state index contributed by atoms with van der Waals surface area (Å²) in [4.78, 5) is 11.0. The van der Waals surface area contributed by atoms with Crippen molar-refractivity contribution in [2.45, 2.75) is 11.5 Å². The first-order valence-electron chi connectivity index (χ1n) is 4.11. The van der Waals surface area contributed by atoms with Gasteiger partial charge in [0.1, 0.15) is 0 Å². The van der Waals surface area contributed by atoms with Crippen LogP contribution < -0.4 is 0 Å². The molecule has 0 amide bonds. The first-order chi connectivity index (χ1) is 6.66. The highest BCUT2D eigenvalue weighted by Gasteiger charge is 2.26. The summed E-state index contributed by atoms with van der Waals surface area (Å²) in [5, 5.41) is 8.66. The van der Waals surface area contributed by atoms with Crippen LogP contribution in [0.25, 0.3) is 0 Å². The molecule has 3 nitrogen and oxygen atoms in total. The molecule has 2 unspecified atom stereocenters. The van der Waals surface area contributed by atoms with Crippen molar-refractivity contribution in [2.75, 3.05) is 7.11 Å². The van der Waals surface area contributed by atoms with E-state index in [9.17, 15) is 9.90 Å². The largest absolute Gasteiger partial charge is 0.467 e. The molecule has 0 aliphatic carbocycles. The quantitative estimate of drug-likeness (QED) is 0.613. The van der Waals surface area contributed by atoms with E-state index in [1.54, 1.807) is 24.3 Å². The fourth-order valence-electron chi connectivity index (χ4n) is 1.06. The average Bonchev–Trinajstić information content (AvgIpc) is 2.27. The maximum absolute atomic E-state index is 11.0. The maximum Gasteiger partial charge on any atom is 0.336 e. The number of hydrogen-bond acceptors (Lipinski definition) is 3. The Labute approximate surface area is 87.3 Å². The van der Waals surface area contributed by atoms with Gasteiger partial charge in [0, 0.05) is 0 Å². The van der Waals surface area contributed by atoms with E-state index in [0.717, 1.165) is 0 Å². The molecule has 0 bridgehead atoms. The molecule has 1 N–H and O–H groups in total. The molecule has 0 spiro atoms. The van der Waals surface area contributed by atoms with Gasteiger partial charge in [-0.25, -0.2) is 4.79 Å². The van der Waals surface area contributed by atoms with E-state index < -0.39 is 17.5 Å². The number of ether oxygens (including phenoxy) is 1. The van der Waals surface area contributed by atoms with Crippen LogP contribution in [0.4, 0.5) is 0 Å². The zero-order chi connectivity index (χ0) is 10.6. The molecule has 0 aromatic heterocycles. The Morgan fingerprint density at radius 3 is 2.50 bits per heavy atom. The van der Waals surface area contributed by atoms with Crippen LogP contribution in [0.2, 0.25) is 0 Å². The lowest BCUT2D eigenvalue weighted by atomic mass is 10.1. The number of carbonyl (C=O) groups excluding carboxylic acids is 1. The lowest BCUT2D eigenvalue weighted by Gasteiger charge is -2.14. The fraction of sp³-hybridized carbons (Fsp3) is 0.300. The summed E-state index contributed by atoms with van der Waals surface area (Å²) in [7, 11) is 1.21. The van der Waals surface area contributed by atoms with E-state index in [1.165, 1.54) is 7.11 Å². The second-order valence-electron chi connectivity index (χ2n) is 2.78. The monoisotopic (exact) mass is 214 g/mol. The third-order valence-electron chi connectivity index (χ3n) is 1.84. The molecule has 1 aromatic rings. The second-order valence-corrected chi connectivity index (χ2v) is 3.25. The standard InChI is InChI=1S/C10H11ClO3/c1-14-10(13)9(12)8(11)7-5-3-2-4-6-7/h2-6,8-9,12H,1H3. The van der Waals surface area contributed by atoms with Gasteiger partial charge in [-0.15, -0.1) is 11.6 Å². The summed E-state index contributed by atoms with van der Waals surface area (Å²) < 4.78 is 4.38. The molecule has 0 fully saturated rings. The van der Waals surface area contributed by atoms with Crippen LogP contribution in [-0.2, 0) is 9.53 Å². The number of hydrogen-bond donors (Lipinski definition) is 1. The van der Waals surface area contributed by atoms with Gasteiger partial charge in [0.05, 0.1) is 12.5 Å². The van der Waals surface area contributed by atoms with Gasteiger partial charge in [0.15, 0.2) is 6.10 Å². The number of alkyl halides is 1. The van der Waals surface area contributed by atoms with Crippen molar-refractivity contribution >= 4 is 17.6 Å². The molecule has 1 rings (SSSR count). The van der Waals surface area contributed by atoms with Gasteiger partial charge < -0.3 is 9.84 Å². The smallest absolute Gasteiger partial charge is 0.336 e. The van der Waals surface area contributed by atoms with E-state index in [-0.39, 0.29) is 0 Å². The summed E-state index contributed by atoms with van der Waals surface area (Å²) >= 11 is 5.88. The molecule has 0 saturated carbocycles. The molecular formula is C10H11ClO3. The number of carbonyl (C=O) groups is 1. The minimum atomic E-state index is -1.33. The Balaban J connectivity index is 2.75. The molecule has 0 radical (unpaired) electrons. The van der Waals surface area contributed by atoms with Crippen LogP contribution in [0.3, 0.4) is 0 Å². The van der Waals surface area contributed by atoms with Gasteiger partial charge in [-0.05, 0) is 5.56 Å². The third-order valence-corrected chi connectivity index (χ3v) is 2.33.